The Morgan fingerprint density at radius 3 is 2.54 bits per heavy atom. The van der Waals surface area contributed by atoms with Gasteiger partial charge in [0.1, 0.15) is 5.82 Å². The standard InChI is InChI=1S/C19H25N5O.HI/c1-14-8-7-11-17(22-14)24-18(25)12-13-21-19(20-3)23-15(2)16-9-5-4-6-10-16;/h4-11,15H,12-13H2,1-3H3,(H2,20,21,23)(H,22,24,25);1H. The molecule has 7 heteroatoms. The number of halogens is 1. The third-order valence-electron chi connectivity index (χ3n) is 3.68. The normalized spacial score (nSPS) is 11.9. The lowest BCUT2D eigenvalue weighted by atomic mass is 10.1. The van der Waals surface area contributed by atoms with Crippen LogP contribution in [0.25, 0.3) is 0 Å². The van der Waals surface area contributed by atoms with Crippen LogP contribution in [0.2, 0.25) is 0 Å². The van der Waals surface area contributed by atoms with Gasteiger partial charge in [-0.3, -0.25) is 9.79 Å². The van der Waals surface area contributed by atoms with Gasteiger partial charge >= 0.3 is 0 Å². The molecule has 0 saturated carbocycles. The lowest BCUT2D eigenvalue weighted by Gasteiger charge is -2.18. The van der Waals surface area contributed by atoms with Gasteiger partial charge in [0.15, 0.2) is 5.96 Å². The number of aryl methyl sites for hydroxylation is 1. The van der Waals surface area contributed by atoms with E-state index in [0.717, 1.165) is 5.69 Å². The van der Waals surface area contributed by atoms with E-state index in [1.165, 1.54) is 5.56 Å². The lowest BCUT2D eigenvalue weighted by Crippen LogP contribution is -2.39. The van der Waals surface area contributed by atoms with Crippen LogP contribution < -0.4 is 16.0 Å². The highest BCUT2D eigenvalue weighted by Crippen LogP contribution is 2.10. The Labute approximate surface area is 171 Å². The molecule has 6 nitrogen and oxygen atoms in total. The first-order valence-electron chi connectivity index (χ1n) is 8.34. The lowest BCUT2D eigenvalue weighted by molar-refractivity contribution is -0.116. The summed E-state index contributed by atoms with van der Waals surface area (Å²) in [5, 5.41) is 9.26. The van der Waals surface area contributed by atoms with Gasteiger partial charge in [-0.05, 0) is 31.5 Å². The average Bonchev–Trinajstić information content (AvgIpc) is 2.61. The topological polar surface area (TPSA) is 78.4 Å². The Bertz CT molecular complexity index is 721. The molecule has 1 amide bonds. The van der Waals surface area contributed by atoms with E-state index in [2.05, 4.69) is 45.0 Å². The molecular weight excluding hydrogens is 441 g/mol. The second-order valence-corrected chi connectivity index (χ2v) is 5.74. The first kappa shape index (κ1) is 21.9. The molecule has 0 aliphatic rings. The van der Waals surface area contributed by atoms with Crippen LogP contribution in [0.1, 0.15) is 30.6 Å². The maximum absolute atomic E-state index is 12.0. The first-order chi connectivity index (χ1) is 12.1. The Kier molecular flexibility index (Phi) is 9.64. The minimum atomic E-state index is -0.0860. The van der Waals surface area contributed by atoms with E-state index in [0.29, 0.717) is 24.7 Å². The highest BCUT2D eigenvalue weighted by molar-refractivity contribution is 14.0. The Balaban J connectivity index is 0.00000338. The molecule has 0 fully saturated rings. The molecule has 1 unspecified atom stereocenters. The fourth-order valence-electron chi connectivity index (χ4n) is 2.34. The number of benzene rings is 1. The molecular formula is C19H26IN5O. The Hall–Kier alpha value is -2.16. The summed E-state index contributed by atoms with van der Waals surface area (Å²) in [4.78, 5) is 20.4. The van der Waals surface area contributed by atoms with Crippen molar-refractivity contribution >= 4 is 41.7 Å². The minimum Gasteiger partial charge on any atom is -0.356 e. The molecule has 0 bridgehead atoms. The third kappa shape index (κ3) is 7.38. The molecule has 1 aromatic carbocycles. The van der Waals surface area contributed by atoms with Crippen LogP contribution in [0.3, 0.4) is 0 Å². The molecule has 0 radical (unpaired) electrons. The van der Waals surface area contributed by atoms with E-state index in [9.17, 15) is 4.79 Å². The van der Waals surface area contributed by atoms with E-state index in [4.69, 9.17) is 0 Å². The summed E-state index contributed by atoms with van der Waals surface area (Å²) in [6, 6.07) is 15.8. The number of nitrogens with zero attached hydrogens (tertiary/aromatic N) is 2. The van der Waals surface area contributed by atoms with Crippen molar-refractivity contribution in [1.29, 1.82) is 0 Å². The number of pyridine rings is 1. The number of aromatic nitrogens is 1. The minimum absolute atomic E-state index is 0. The van der Waals surface area contributed by atoms with Gasteiger partial charge in [-0.15, -0.1) is 24.0 Å². The molecule has 26 heavy (non-hydrogen) atoms. The molecule has 2 aromatic rings. The van der Waals surface area contributed by atoms with Gasteiger partial charge in [0.05, 0.1) is 6.04 Å². The number of guanidine groups is 1. The van der Waals surface area contributed by atoms with E-state index >= 15 is 0 Å². The largest absolute Gasteiger partial charge is 0.356 e. The second-order valence-electron chi connectivity index (χ2n) is 5.74. The number of anilines is 1. The first-order valence-corrected chi connectivity index (χ1v) is 8.34. The number of nitrogens with one attached hydrogen (secondary N) is 3. The van der Waals surface area contributed by atoms with Crippen molar-refractivity contribution in [3.63, 3.8) is 0 Å². The van der Waals surface area contributed by atoms with Gasteiger partial charge in [0, 0.05) is 25.7 Å². The predicted octanol–water partition coefficient (Wildman–Crippen LogP) is 3.26. The fourth-order valence-corrected chi connectivity index (χ4v) is 2.34. The van der Waals surface area contributed by atoms with Crippen LogP contribution in [0.4, 0.5) is 5.82 Å². The molecule has 0 aliphatic heterocycles. The number of carbonyl (C=O) groups is 1. The molecule has 140 valence electrons. The molecule has 0 spiro atoms. The van der Waals surface area contributed by atoms with E-state index in [1.807, 2.05) is 37.3 Å². The fraction of sp³-hybridized carbons (Fsp3) is 0.316. The van der Waals surface area contributed by atoms with E-state index in [1.54, 1.807) is 13.1 Å². The quantitative estimate of drug-likeness (QED) is 0.346. The smallest absolute Gasteiger partial charge is 0.227 e. The van der Waals surface area contributed by atoms with Crippen molar-refractivity contribution < 1.29 is 4.79 Å². The van der Waals surface area contributed by atoms with Crippen LogP contribution in [0.15, 0.2) is 53.5 Å². The van der Waals surface area contributed by atoms with Gasteiger partial charge in [-0.2, -0.15) is 0 Å². The van der Waals surface area contributed by atoms with Gasteiger partial charge in [-0.1, -0.05) is 36.4 Å². The highest BCUT2D eigenvalue weighted by Gasteiger charge is 2.08. The number of rotatable bonds is 6. The molecule has 0 aliphatic carbocycles. The second kappa shape index (κ2) is 11.5. The molecule has 1 atom stereocenters. The summed E-state index contributed by atoms with van der Waals surface area (Å²) >= 11 is 0. The van der Waals surface area contributed by atoms with Crippen molar-refractivity contribution in [3.8, 4) is 0 Å². The maximum Gasteiger partial charge on any atom is 0.227 e. The van der Waals surface area contributed by atoms with Gasteiger partial charge in [0.2, 0.25) is 5.91 Å². The van der Waals surface area contributed by atoms with Crippen LogP contribution in [0.5, 0.6) is 0 Å². The van der Waals surface area contributed by atoms with Crippen molar-refractivity contribution in [2.45, 2.75) is 26.3 Å². The van der Waals surface area contributed by atoms with Crippen LogP contribution in [0, 0.1) is 6.92 Å². The molecule has 0 saturated heterocycles. The van der Waals surface area contributed by atoms with Gasteiger partial charge in [0.25, 0.3) is 0 Å². The van der Waals surface area contributed by atoms with E-state index in [-0.39, 0.29) is 35.9 Å². The Morgan fingerprint density at radius 1 is 1.15 bits per heavy atom. The zero-order valence-corrected chi connectivity index (χ0v) is 17.7. The molecule has 3 N–H and O–H groups in total. The summed E-state index contributed by atoms with van der Waals surface area (Å²) in [6.07, 6.45) is 0.329. The zero-order chi connectivity index (χ0) is 18.1. The number of carbonyl (C=O) groups excluding carboxylic acids is 1. The van der Waals surface area contributed by atoms with Gasteiger partial charge < -0.3 is 16.0 Å². The van der Waals surface area contributed by atoms with Crippen molar-refractivity contribution in [1.82, 2.24) is 15.6 Å². The van der Waals surface area contributed by atoms with Crippen LogP contribution in [-0.4, -0.2) is 30.4 Å². The Morgan fingerprint density at radius 2 is 1.88 bits per heavy atom. The predicted molar refractivity (Wildman–Crippen MR) is 117 cm³/mol. The number of hydrogen-bond acceptors (Lipinski definition) is 3. The molecule has 2 rings (SSSR count). The summed E-state index contributed by atoms with van der Waals surface area (Å²) in [7, 11) is 1.71. The maximum atomic E-state index is 12.0. The monoisotopic (exact) mass is 467 g/mol. The van der Waals surface area contributed by atoms with E-state index < -0.39 is 0 Å². The average molecular weight is 467 g/mol. The summed E-state index contributed by atoms with van der Waals surface area (Å²) in [6.45, 7) is 4.44. The molecule has 1 heterocycles. The number of hydrogen-bond donors (Lipinski definition) is 3. The zero-order valence-electron chi connectivity index (χ0n) is 15.3. The highest BCUT2D eigenvalue weighted by atomic mass is 127. The summed E-state index contributed by atoms with van der Waals surface area (Å²) in [5.41, 5.74) is 2.05. The van der Waals surface area contributed by atoms with Crippen molar-refractivity contribution in [2.24, 2.45) is 4.99 Å². The van der Waals surface area contributed by atoms with Crippen molar-refractivity contribution in [2.75, 3.05) is 18.9 Å². The summed E-state index contributed by atoms with van der Waals surface area (Å²) < 4.78 is 0. The van der Waals surface area contributed by atoms with Crippen molar-refractivity contribution in [3.05, 3.63) is 59.8 Å². The number of aliphatic imine (C=N–C) groups is 1. The van der Waals surface area contributed by atoms with Gasteiger partial charge in [-0.25, -0.2) is 4.98 Å². The van der Waals surface area contributed by atoms with Crippen LogP contribution >= 0.6 is 24.0 Å². The SMILES string of the molecule is CN=C(NCCC(=O)Nc1cccc(C)n1)NC(C)c1ccccc1.I. The van der Waals surface area contributed by atoms with Crippen LogP contribution in [-0.2, 0) is 4.79 Å². The molecule has 1 aromatic heterocycles. The number of amides is 1. The summed E-state index contributed by atoms with van der Waals surface area (Å²) in [5.74, 6) is 1.15. The third-order valence-corrected chi connectivity index (χ3v) is 3.68.